The van der Waals surface area contributed by atoms with Gasteiger partial charge in [0.15, 0.2) is 0 Å². The van der Waals surface area contributed by atoms with E-state index >= 15 is 0 Å². The van der Waals surface area contributed by atoms with Crippen molar-refractivity contribution in [3.05, 3.63) is 60.2 Å². The first-order valence-corrected chi connectivity index (χ1v) is 9.54. The van der Waals surface area contributed by atoms with Crippen molar-refractivity contribution >= 4 is 5.91 Å². The minimum atomic E-state index is 0.0793. The minimum absolute atomic E-state index is 0.0793. The van der Waals surface area contributed by atoms with Crippen LogP contribution in [-0.4, -0.2) is 64.5 Å². The first-order chi connectivity index (χ1) is 13.2. The number of piperidine rings is 1. The molecule has 2 saturated heterocycles. The van der Waals surface area contributed by atoms with Crippen LogP contribution in [0.3, 0.4) is 0 Å². The fourth-order valence-corrected chi connectivity index (χ4v) is 4.21. The summed E-state index contributed by atoms with van der Waals surface area (Å²) in [4.78, 5) is 25.3. The maximum atomic E-state index is 12.6. The van der Waals surface area contributed by atoms with Crippen LogP contribution < -0.4 is 0 Å². The Hall–Kier alpha value is -2.31. The molecule has 0 unspecified atom stereocenters. The van der Waals surface area contributed by atoms with Gasteiger partial charge in [0.25, 0.3) is 5.91 Å². The molecule has 0 bridgehead atoms. The molecule has 0 aromatic carbocycles. The third-order valence-electron chi connectivity index (χ3n) is 5.85. The number of ether oxygens (including phenoxy) is 1. The van der Waals surface area contributed by atoms with Crippen LogP contribution >= 0.6 is 0 Å². The maximum absolute atomic E-state index is 12.6. The van der Waals surface area contributed by atoms with Crippen LogP contribution in [0.2, 0.25) is 0 Å². The van der Waals surface area contributed by atoms with E-state index < -0.39 is 0 Å². The van der Waals surface area contributed by atoms with Crippen molar-refractivity contribution in [3.8, 4) is 0 Å². The van der Waals surface area contributed by atoms with E-state index in [-0.39, 0.29) is 11.4 Å². The lowest BCUT2D eigenvalue weighted by Crippen LogP contribution is -2.72. The summed E-state index contributed by atoms with van der Waals surface area (Å²) in [6.45, 7) is 3.93. The zero-order valence-corrected chi connectivity index (χ0v) is 15.8. The predicted molar refractivity (Wildman–Crippen MR) is 102 cm³/mol. The lowest BCUT2D eigenvalue weighted by atomic mass is 9.75. The lowest BCUT2D eigenvalue weighted by molar-refractivity contribution is -0.0769. The number of pyridine rings is 2. The standard InChI is InChI=1S/C21H26N4O2/c1-24-10-7-17(13-27-14-19-6-2-3-9-23-19)11-21(24)15-25(16-21)20(26)18-5-4-8-22-12-18/h2-6,8-9,12,17H,7,10-11,13-16H2,1H3/t17-/m1/s1. The van der Waals surface area contributed by atoms with Crippen molar-refractivity contribution in [2.24, 2.45) is 5.92 Å². The van der Waals surface area contributed by atoms with Gasteiger partial charge in [-0.05, 0) is 56.6 Å². The van der Waals surface area contributed by atoms with E-state index in [0.29, 0.717) is 18.1 Å². The van der Waals surface area contributed by atoms with E-state index in [0.717, 1.165) is 44.8 Å². The second-order valence-electron chi connectivity index (χ2n) is 7.74. The van der Waals surface area contributed by atoms with E-state index in [2.05, 4.69) is 21.9 Å². The number of hydrogen-bond acceptors (Lipinski definition) is 5. The number of amides is 1. The van der Waals surface area contributed by atoms with Gasteiger partial charge in [0.05, 0.1) is 30.0 Å². The zero-order valence-electron chi connectivity index (χ0n) is 15.8. The summed E-state index contributed by atoms with van der Waals surface area (Å²) in [5, 5.41) is 0. The van der Waals surface area contributed by atoms with Gasteiger partial charge in [0.1, 0.15) is 0 Å². The summed E-state index contributed by atoms with van der Waals surface area (Å²) in [6.07, 6.45) is 7.34. The van der Waals surface area contributed by atoms with Gasteiger partial charge >= 0.3 is 0 Å². The summed E-state index contributed by atoms with van der Waals surface area (Å²) in [5.74, 6) is 0.608. The molecule has 0 N–H and O–H groups in total. The van der Waals surface area contributed by atoms with Gasteiger partial charge in [0.2, 0.25) is 0 Å². The Bertz CT molecular complexity index is 762. The predicted octanol–water partition coefficient (Wildman–Crippen LogP) is 2.23. The average molecular weight is 366 g/mol. The molecule has 0 aliphatic carbocycles. The van der Waals surface area contributed by atoms with Crippen LogP contribution in [0.15, 0.2) is 48.9 Å². The Balaban J connectivity index is 1.30. The number of hydrogen-bond donors (Lipinski definition) is 0. The lowest BCUT2D eigenvalue weighted by Gasteiger charge is -2.58. The van der Waals surface area contributed by atoms with Gasteiger partial charge in [-0.2, -0.15) is 0 Å². The second-order valence-corrected chi connectivity index (χ2v) is 7.74. The van der Waals surface area contributed by atoms with E-state index in [1.807, 2.05) is 35.2 Å². The van der Waals surface area contributed by atoms with Crippen molar-refractivity contribution < 1.29 is 9.53 Å². The van der Waals surface area contributed by atoms with Crippen LogP contribution in [0.5, 0.6) is 0 Å². The number of likely N-dealkylation sites (tertiary alicyclic amines) is 2. The summed E-state index contributed by atoms with van der Waals surface area (Å²) >= 11 is 0. The molecule has 2 aromatic heterocycles. The van der Waals surface area contributed by atoms with Crippen LogP contribution in [0.4, 0.5) is 0 Å². The third-order valence-corrected chi connectivity index (χ3v) is 5.85. The molecule has 6 heteroatoms. The highest BCUT2D eigenvalue weighted by molar-refractivity contribution is 5.94. The number of likely N-dealkylation sites (N-methyl/N-ethyl adjacent to an activating group) is 1. The molecule has 2 fully saturated rings. The molecule has 2 aromatic rings. The van der Waals surface area contributed by atoms with Crippen LogP contribution in [0.25, 0.3) is 0 Å². The molecule has 6 nitrogen and oxygen atoms in total. The number of carbonyl (C=O) groups excluding carboxylic acids is 1. The molecule has 4 heterocycles. The van der Waals surface area contributed by atoms with Crippen molar-refractivity contribution in [1.82, 2.24) is 19.8 Å². The van der Waals surface area contributed by atoms with Gasteiger partial charge in [-0.1, -0.05) is 6.07 Å². The molecular formula is C21H26N4O2. The molecule has 2 aliphatic heterocycles. The number of aromatic nitrogens is 2. The molecule has 4 rings (SSSR count). The zero-order chi connectivity index (χ0) is 18.7. The first kappa shape index (κ1) is 18.1. The summed E-state index contributed by atoms with van der Waals surface area (Å²) in [7, 11) is 2.18. The van der Waals surface area contributed by atoms with E-state index in [1.165, 1.54) is 0 Å². The summed E-state index contributed by atoms with van der Waals surface area (Å²) in [6, 6.07) is 9.53. The summed E-state index contributed by atoms with van der Waals surface area (Å²) in [5.41, 5.74) is 1.73. The highest BCUT2D eigenvalue weighted by atomic mass is 16.5. The molecule has 0 saturated carbocycles. The Labute approximate surface area is 160 Å². The molecule has 2 aliphatic rings. The highest BCUT2D eigenvalue weighted by Crippen LogP contribution is 2.38. The van der Waals surface area contributed by atoms with Crippen LogP contribution in [0, 0.1) is 5.92 Å². The highest BCUT2D eigenvalue weighted by Gasteiger charge is 2.50. The van der Waals surface area contributed by atoms with E-state index in [4.69, 9.17) is 4.74 Å². The third kappa shape index (κ3) is 3.87. The van der Waals surface area contributed by atoms with Gasteiger partial charge < -0.3 is 9.64 Å². The van der Waals surface area contributed by atoms with Crippen molar-refractivity contribution in [1.29, 1.82) is 0 Å². The summed E-state index contributed by atoms with van der Waals surface area (Å²) < 4.78 is 5.93. The van der Waals surface area contributed by atoms with Crippen molar-refractivity contribution in [2.75, 3.05) is 33.3 Å². The largest absolute Gasteiger partial charge is 0.375 e. The second kappa shape index (κ2) is 7.74. The Morgan fingerprint density at radius 3 is 2.89 bits per heavy atom. The van der Waals surface area contributed by atoms with Gasteiger partial charge in [-0.3, -0.25) is 19.7 Å². The number of carbonyl (C=O) groups is 1. The van der Waals surface area contributed by atoms with E-state index in [1.54, 1.807) is 18.6 Å². The Morgan fingerprint density at radius 2 is 2.15 bits per heavy atom. The van der Waals surface area contributed by atoms with Gasteiger partial charge in [-0.25, -0.2) is 0 Å². The smallest absolute Gasteiger partial charge is 0.255 e. The van der Waals surface area contributed by atoms with Crippen molar-refractivity contribution in [2.45, 2.75) is 25.0 Å². The molecule has 0 radical (unpaired) electrons. The van der Waals surface area contributed by atoms with Gasteiger partial charge in [0, 0.05) is 31.7 Å². The average Bonchev–Trinajstić information content (AvgIpc) is 2.68. The monoisotopic (exact) mass is 366 g/mol. The molecule has 142 valence electrons. The molecule has 27 heavy (non-hydrogen) atoms. The van der Waals surface area contributed by atoms with Gasteiger partial charge in [-0.15, -0.1) is 0 Å². The topological polar surface area (TPSA) is 58.6 Å². The number of nitrogens with zero attached hydrogens (tertiary/aromatic N) is 4. The molecular weight excluding hydrogens is 340 g/mol. The SMILES string of the molecule is CN1CC[C@@H](COCc2ccccn2)CC12CN(C(=O)c1cccnc1)C2. The van der Waals surface area contributed by atoms with E-state index in [9.17, 15) is 4.79 Å². The fraction of sp³-hybridized carbons (Fsp3) is 0.476. The Kier molecular flexibility index (Phi) is 5.18. The Morgan fingerprint density at radius 1 is 1.26 bits per heavy atom. The first-order valence-electron chi connectivity index (χ1n) is 9.54. The molecule has 1 amide bonds. The molecule has 1 atom stereocenters. The fourth-order valence-electron chi connectivity index (χ4n) is 4.21. The quantitative estimate of drug-likeness (QED) is 0.812. The molecule has 1 spiro atoms. The van der Waals surface area contributed by atoms with Crippen LogP contribution in [-0.2, 0) is 11.3 Å². The van der Waals surface area contributed by atoms with Crippen LogP contribution in [0.1, 0.15) is 28.9 Å². The minimum Gasteiger partial charge on any atom is -0.375 e. The van der Waals surface area contributed by atoms with Crippen molar-refractivity contribution in [3.63, 3.8) is 0 Å². The number of rotatable bonds is 5. The normalized spacial score (nSPS) is 21.8. The maximum Gasteiger partial charge on any atom is 0.255 e.